The molecule has 0 radical (unpaired) electrons. The Balaban J connectivity index is 2.59. The zero-order valence-corrected chi connectivity index (χ0v) is 6.45. The van der Waals surface area contributed by atoms with E-state index >= 15 is 0 Å². The Kier molecular flexibility index (Phi) is 2.52. The molecule has 0 spiro atoms. The van der Waals surface area contributed by atoms with E-state index in [1.165, 1.54) is 0 Å². The molecule has 0 aliphatic carbocycles. The average molecular weight is 186 g/mol. The van der Waals surface area contributed by atoms with Gasteiger partial charge in [-0.05, 0) is 4.92 Å². The van der Waals surface area contributed by atoms with Crippen molar-refractivity contribution in [2.24, 2.45) is 0 Å². The van der Waals surface area contributed by atoms with E-state index in [0.717, 1.165) is 11.0 Å². The largest absolute Gasteiger partial charge is 0.481 e. The Bertz CT molecular complexity index is 333. The van der Waals surface area contributed by atoms with Gasteiger partial charge in [0.2, 0.25) is 0 Å². The van der Waals surface area contributed by atoms with Gasteiger partial charge in [-0.3, -0.25) is 4.79 Å². The molecule has 8 nitrogen and oxygen atoms in total. The van der Waals surface area contributed by atoms with Crippen LogP contribution in [0, 0.1) is 10.1 Å². The molecule has 0 atom stereocenters. The van der Waals surface area contributed by atoms with Gasteiger partial charge in [0.1, 0.15) is 0 Å². The molecule has 0 saturated carbocycles. The van der Waals surface area contributed by atoms with Crippen molar-refractivity contribution in [3.8, 4) is 0 Å². The number of carbonyl (C=O) groups is 1. The van der Waals surface area contributed by atoms with Gasteiger partial charge in [0.25, 0.3) is 0 Å². The summed E-state index contributed by atoms with van der Waals surface area (Å²) in [6.07, 6.45) is 0.813. The fourth-order valence-electron chi connectivity index (χ4n) is 0.675. The topological polar surface area (TPSA) is 111 Å². The molecule has 1 N–H and O–H groups in total. The van der Waals surface area contributed by atoms with Gasteiger partial charge in [-0.25, -0.2) is 0 Å². The number of hydrogen-bond acceptors (Lipinski definition) is 5. The molecule has 0 saturated heterocycles. The first-order valence-corrected chi connectivity index (χ1v) is 3.36. The third-order valence-corrected chi connectivity index (χ3v) is 1.24. The molecular weight excluding hydrogens is 180 g/mol. The zero-order chi connectivity index (χ0) is 9.84. The molecule has 1 rings (SSSR count). The fraction of sp³-hybridized carbons (Fsp3) is 0.400. The van der Waals surface area contributed by atoms with Crippen molar-refractivity contribution in [2.45, 2.75) is 13.0 Å². The predicted octanol–water partition coefficient (Wildman–Crippen LogP) is -0.339. The highest BCUT2D eigenvalue weighted by atomic mass is 16.6. The number of nitro groups is 1. The molecular formula is C5H6N4O4. The molecule has 8 heteroatoms. The number of nitrogens with zero attached hydrogens (tertiary/aromatic N) is 4. The number of rotatable bonds is 4. The molecule has 0 aliphatic heterocycles. The second kappa shape index (κ2) is 3.61. The number of hydrogen-bond donors (Lipinski definition) is 1. The zero-order valence-electron chi connectivity index (χ0n) is 6.45. The third-order valence-electron chi connectivity index (χ3n) is 1.24. The van der Waals surface area contributed by atoms with Crippen molar-refractivity contribution in [1.29, 1.82) is 0 Å². The number of aliphatic carboxylic acids is 1. The van der Waals surface area contributed by atoms with Crippen LogP contribution in [-0.2, 0) is 11.3 Å². The first-order valence-electron chi connectivity index (χ1n) is 3.36. The highest BCUT2D eigenvalue weighted by Gasteiger charge is 2.12. The quantitative estimate of drug-likeness (QED) is 0.508. The summed E-state index contributed by atoms with van der Waals surface area (Å²) in [6.45, 7) is 0.0309. The maximum absolute atomic E-state index is 10.1. The van der Waals surface area contributed by atoms with E-state index in [9.17, 15) is 14.9 Å². The maximum Gasteiger partial charge on any atom is 0.410 e. The van der Waals surface area contributed by atoms with E-state index in [2.05, 4.69) is 10.2 Å². The average Bonchev–Trinajstić information content (AvgIpc) is 2.48. The molecule has 0 fully saturated rings. The number of carboxylic acid groups (broad SMARTS) is 1. The molecule has 1 aromatic rings. The van der Waals surface area contributed by atoms with E-state index in [4.69, 9.17) is 5.11 Å². The van der Waals surface area contributed by atoms with Gasteiger partial charge >= 0.3 is 11.8 Å². The molecule has 1 heterocycles. The Morgan fingerprint density at radius 1 is 1.77 bits per heavy atom. The number of aryl methyl sites for hydroxylation is 1. The van der Waals surface area contributed by atoms with Crippen LogP contribution in [0.4, 0.5) is 5.82 Å². The van der Waals surface area contributed by atoms with Gasteiger partial charge in [-0.1, -0.05) is 4.80 Å². The minimum atomic E-state index is -1.00. The molecule has 0 unspecified atom stereocenters. The first kappa shape index (κ1) is 9.10. The van der Waals surface area contributed by atoms with Crippen LogP contribution in [0.5, 0.6) is 0 Å². The molecule has 0 aromatic carbocycles. The normalized spacial score (nSPS) is 9.85. The molecule has 1 aromatic heterocycles. The summed E-state index contributed by atoms with van der Waals surface area (Å²) in [4.78, 5) is 20.5. The Hall–Kier alpha value is -1.99. The van der Waals surface area contributed by atoms with Crippen molar-refractivity contribution >= 4 is 11.8 Å². The van der Waals surface area contributed by atoms with Crippen molar-refractivity contribution < 1.29 is 14.8 Å². The maximum atomic E-state index is 10.1. The van der Waals surface area contributed by atoms with Crippen molar-refractivity contribution in [1.82, 2.24) is 15.0 Å². The van der Waals surface area contributed by atoms with Gasteiger partial charge in [0, 0.05) is 0 Å². The van der Waals surface area contributed by atoms with Crippen LogP contribution in [0.15, 0.2) is 6.20 Å². The first-order chi connectivity index (χ1) is 6.09. The minimum Gasteiger partial charge on any atom is -0.481 e. The van der Waals surface area contributed by atoms with Crippen LogP contribution >= 0.6 is 0 Å². The summed E-state index contributed by atoms with van der Waals surface area (Å²) in [6, 6.07) is 0. The second-order valence-electron chi connectivity index (χ2n) is 2.20. The van der Waals surface area contributed by atoms with E-state index in [-0.39, 0.29) is 18.8 Å². The van der Waals surface area contributed by atoms with Gasteiger partial charge in [-0.2, -0.15) is 0 Å². The Morgan fingerprint density at radius 3 is 2.92 bits per heavy atom. The van der Waals surface area contributed by atoms with Gasteiger partial charge in [0.05, 0.1) is 18.1 Å². The summed E-state index contributed by atoms with van der Waals surface area (Å²) < 4.78 is 0. The van der Waals surface area contributed by atoms with Gasteiger partial charge < -0.3 is 15.2 Å². The van der Waals surface area contributed by atoms with E-state index in [1.54, 1.807) is 0 Å². The highest BCUT2D eigenvalue weighted by molar-refractivity contribution is 5.66. The minimum absolute atomic E-state index is 0.0309. The standard InChI is InChI=1S/C5H6N4O4/c10-5(11)1-2-8-6-3-4(7-8)9(12)13/h3H,1-2H2,(H,10,11). The fourth-order valence-corrected chi connectivity index (χ4v) is 0.675. The number of aromatic nitrogens is 3. The Labute approximate surface area is 71.9 Å². The highest BCUT2D eigenvalue weighted by Crippen LogP contribution is 2.02. The summed E-state index contributed by atoms with van der Waals surface area (Å²) in [5.74, 6) is -1.38. The second-order valence-corrected chi connectivity index (χ2v) is 2.20. The van der Waals surface area contributed by atoms with Crippen molar-refractivity contribution in [3.63, 3.8) is 0 Å². The smallest absolute Gasteiger partial charge is 0.410 e. The number of carboxylic acids is 1. The summed E-state index contributed by atoms with van der Waals surface area (Å²) in [7, 11) is 0. The van der Waals surface area contributed by atoms with E-state index < -0.39 is 10.9 Å². The molecule has 0 bridgehead atoms. The van der Waals surface area contributed by atoms with Gasteiger partial charge in [0.15, 0.2) is 6.20 Å². The van der Waals surface area contributed by atoms with Crippen LogP contribution in [0.25, 0.3) is 0 Å². The van der Waals surface area contributed by atoms with Gasteiger partial charge in [-0.15, -0.1) is 5.10 Å². The Morgan fingerprint density at radius 2 is 2.46 bits per heavy atom. The third kappa shape index (κ3) is 2.51. The van der Waals surface area contributed by atoms with Crippen LogP contribution < -0.4 is 0 Å². The predicted molar refractivity (Wildman–Crippen MR) is 38.9 cm³/mol. The SMILES string of the molecule is O=C(O)CCn1ncc([N+](=O)[O-])n1. The van der Waals surface area contributed by atoms with Crippen LogP contribution in [0.1, 0.15) is 6.42 Å². The summed E-state index contributed by atoms with van der Waals surface area (Å²) >= 11 is 0. The van der Waals surface area contributed by atoms with Crippen LogP contribution in [0.3, 0.4) is 0 Å². The lowest BCUT2D eigenvalue weighted by atomic mass is 10.4. The molecule has 0 aliphatic rings. The lowest BCUT2D eigenvalue weighted by Gasteiger charge is -1.88. The van der Waals surface area contributed by atoms with Crippen LogP contribution in [0.2, 0.25) is 0 Å². The van der Waals surface area contributed by atoms with Crippen molar-refractivity contribution in [3.05, 3.63) is 16.3 Å². The van der Waals surface area contributed by atoms with Crippen LogP contribution in [-0.4, -0.2) is 31.0 Å². The molecule has 70 valence electrons. The van der Waals surface area contributed by atoms with E-state index in [1.807, 2.05) is 0 Å². The monoisotopic (exact) mass is 186 g/mol. The lowest BCUT2D eigenvalue weighted by molar-refractivity contribution is -0.389. The van der Waals surface area contributed by atoms with E-state index in [0.29, 0.717) is 0 Å². The summed E-state index contributed by atoms with van der Waals surface area (Å²) in [5.41, 5.74) is 0. The van der Waals surface area contributed by atoms with Crippen molar-refractivity contribution in [2.75, 3.05) is 0 Å². The lowest BCUT2D eigenvalue weighted by Crippen LogP contribution is -2.07. The molecule has 0 amide bonds. The molecule has 13 heavy (non-hydrogen) atoms. The summed E-state index contributed by atoms with van der Waals surface area (Å²) in [5, 5.41) is 25.3.